The molecule has 5 fully saturated rings. The minimum absolute atomic E-state index is 0.320. The van der Waals surface area contributed by atoms with E-state index in [9.17, 15) is 86.2 Å². The number of phosphoric acid groups is 4. The van der Waals surface area contributed by atoms with Crippen LogP contribution in [0.1, 0.15) is 38.8 Å². The predicted molar refractivity (Wildman–Crippen MR) is 378 cm³/mol. The molecule has 49 nitrogen and oxygen atoms in total. The van der Waals surface area contributed by atoms with Crippen molar-refractivity contribution in [2.24, 2.45) is 0 Å². The van der Waals surface area contributed by atoms with Crippen molar-refractivity contribution in [2.45, 2.75) is 112 Å². The van der Waals surface area contributed by atoms with Crippen LogP contribution >= 0.6 is 75.0 Å². The monoisotopic (exact) mass is 1750 g/mol. The normalized spacial score (nSPS) is 31.2. The molecule has 0 aliphatic carbocycles. The van der Waals surface area contributed by atoms with Gasteiger partial charge in [0.2, 0.25) is 0 Å². The average Bonchev–Trinajstić information content (AvgIpc) is 1.78. The van der Waals surface area contributed by atoms with Gasteiger partial charge in [0.1, 0.15) is 96.5 Å². The summed E-state index contributed by atoms with van der Waals surface area (Å²) in [6.45, 7) is 1.74. The lowest BCUT2D eigenvalue weighted by Crippen LogP contribution is -2.37. The molecule has 21 atom stereocenters. The predicted octanol–water partition coefficient (Wildman–Crippen LogP) is -0.206. The topological polar surface area (TPSA) is 633 Å². The maximum absolute atomic E-state index is 12.6. The molecule has 4 aromatic rings. The van der Waals surface area contributed by atoms with Crippen LogP contribution in [0.25, 0.3) is 0 Å². The standard InChI is InChI=1S/C13H22N3O12P3.C12H18Cl2N3O6P.C12H22N3O14P3.C12H19N3O5.C2H6/c1-15(2)9-4-5-16(13(18)14-9)12-11(24-3)10(17)8(26-12)6-25-30(21)7-29(19,20)27-31(22,23)28-30;1-16(2)8-4-5-17(12(19)15-8)11-10(21-3)9(18)7(23-11)6-22-24(13,14)20;1-14(2)8-4-5-15(12(17)13-8)11-10(25-3)9(16)7(27-11)6-26-31(21,22)29-32(23,24)28-30(18,19)20;1-14(2)8-4-5-15(12(18)13-8)11-10(19-3)9(17)7(6-16)20-11;1-2/h4-5,8,10-12,17H,6-7H2,1-3H3,(H,19,20)(H,22,23);4-5,7,9-11,18H,6H2,1-3H3;4-5,7,9-11,16H,6H2,1-3H3,(H,21,22)(H,23,24)(H2,18,19,20);4-5,7,9-11,16-17H,6H2,1-3H3;1-2H3/t8-,10?,11+,12-,30?;3*7-,9?,10+,11-;/m1111./s1. The Labute approximate surface area is 629 Å². The first kappa shape index (κ1) is 95.5. The molecule has 109 heavy (non-hydrogen) atoms. The van der Waals surface area contributed by atoms with Gasteiger partial charge in [0, 0.05) is 110 Å². The molecule has 0 aromatic carbocycles. The lowest BCUT2D eigenvalue weighted by molar-refractivity contribution is -0.0624. The van der Waals surface area contributed by atoms with Gasteiger partial charge in [-0.1, -0.05) is 13.8 Å². The number of rotatable bonds is 26. The number of phosphoric ester groups is 1. The summed E-state index contributed by atoms with van der Waals surface area (Å²) in [6.07, 6.45) is -15.3. The number of aromatic nitrogens is 8. The number of nitrogens with zero attached hydrogens (tertiary/aromatic N) is 12. The number of halogens is 2. The van der Waals surface area contributed by atoms with E-state index >= 15 is 0 Å². The summed E-state index contributed by atoms with van der Waals surface area (Å²) in [6, 6.07) is 6.32. The van der Waals surface area contributed by atoms with E-state index in [4.69, 9.17) is 89.2 Å². The van der Waals surface area contributed by atoms with Crippen molar-refractivity contribution in [2.75, 3.05) is 137 Å². The van der Waals surface area contributed by atoms with Crippen molar-refractivity contribution >= 4 is 98.3 Å². The van der Waals surface area contributed by atoms with Crippen LogP contribution in [0.3, 0.4) is 0 Å². The lowest BCUT2D eigenvalue weighted by Gasteiger charge is -2.28. The summed E-state index contributed by atoms with van der Waals surface area (Å²) in [5.41, 5.74) is -2.50. The van der Waals surface area contributed by atoms with Crippen LogP contribution < -0.4 is 42.4 Å². The van der Waals surface area contributed by atoms with Crippen molar-refractivity contribution in [3.8, 4) is 0 Å². The van der Waals surface area contributed by atoms with E-state index in [1.807, 2.05) is 13.8 Å². The van der Waals surface area contributed by atoms with Crippen LogP contribution in [0.4, 0.5) is 23.3 Å². The molecule has 58 heteroatoms. The van der Waals surface area contributed by atoms with Gasteiger partial charge in [-0.15, -0.1) is 0 Å². The fraction of sp³-hybridized carbons (Fsp3) is 0.686. The van der Waals surface area contributed by atoms with Gasteiger partial charge in [0.05, 0.1) is 26.4 Å². The smallest absolute Gasteiger partial charge is 0.394 e. The summed E-state index contributed by atoms with van der Waals surface area (Å²) in [7, 11) is -12.0. The molecule has 0 bridgehead atoms. The zero-order chi connectivity index (χ0) is 82.6. The zero-order valence-corrected chi connectivity index (χ0v) is 68.0. The van der Waals surface area contributed by atoms with Gasteiger partial charge < -0.3 is 121 Å². The third-order valence-electron chi connectivity index (χ3n) is 15.2. The van der Waals surface area contributed by atoms with Crippen LogP contribution in [0.5, 0.6) is 0 Å². The summed E-state index contributed by atoms with van der Waals surface area (Å²) in [5.74, 6) is 0.583. The number of hydrogen-bond acceptors (Lipinski definition) is 39. The molecular formula is C51H87Cl2N12O37P7. The van der Waals surface area contributed by atoms with Crippen LogP contribution in [-0.4, -0.2) is 283 Å². The molecule has 0 spiro atoms. The molecule has 5 aliphatic heterocycles. The fourth-order valence-electron chi connectivity index (χ4n) is 10.2. The van der Waals surface area contributed by atoms with E-state index in [2.05, 4.69) is 41.7 Å². The molecule has 5 saturated heterocycles. The maximum Gasteiger partial charge on any atom is 0.490 e. The van der Waals surface area contributed by atoms with Gasteiger partial charge in [0.25, 0.3) is 0 Å². The highest BCUT2D eigenvalue weighted by molar-refractivity contribution is 8.05. The minimum atomic E-state index is -5.70. The quantitative estimate of drug-likeness (QED) is 0.0363. The van der Waals surface area contributed by atoms with Gasteiger partial charge in [-0.2, -0.15) is 28.6 Å². The highest BCUT2D eigenvalue weighted by Gasteiger charge is 2.55. The molecule has 9 heterocycles. The summed E-state index contributed by atoms with van der Waals surface area (Å²) < 4.78 is 158. The third-order valence-corrected chi connectivity index (χ3v) is 27.0. The molecule has 4 aromatic heterocycles. The minimum Gasteiger partial charge on any atom is -0.394 e. The van der Waals surface area contributed by atoms with E-state index in [1.165, 1.54) is 68.4 Å². The molecule has 0 radical (unpaired) electrons. The number of hydrogen-bond donors (Lipinski definition) is 11. The lowest BCUT2D eigenvalue weighted by atomic mass is 10.1. The fourth-order valence-corrected chi connectivity index (χ4v) is 20.8. The average molecular weight is 1750 g/mol. The number of aliphatic hydroxyl groups is 5. The van der Waals surface area contributed by atoms with E-state index in [0.29, 0.717) is 23.3 Å². The Balaban J connectivity index is 0.000000262. The summed E-state index contributed by atoms with van der Waals surface area (Å²) >= 11 is 10.6. The van der Waals surface area contributed by atoms with Crippen molar-refractivity contribution in [1.29, 1.82) is 0 Å². The van der Waals surface area contributed by atoms with Gasteiger partial charge >= 0.3 is 75.3 Å². The third kappa shape index (κ3) is 26.5. The maximum atomic E-state index is 12.6. The van der Waals surface area contributed by atoms with Crippen LogP contribution in [0, 0.1) is 0 Å². The second-order valence-electron chi connectivity index (χ2n) is 23.6. The number of aliphatic hydroxyl groups excluding tert-OH is 5. The molecule has 9 rings (SSSR count). The van der Waals surface area contributed by atoms with Gasteiger partial charge in [-0.05, 0) is 46.7 Å². The van der Waals surface area contributed by atoms with E-state index in [1.54, 1.807) is 94.2 Å². The zero-order valence-electron chi connectivity index (χ0n) is 60.2. The number of methoxy groups -OCH3 is 4. The second kappa shape index (κ2) is 40.0. The van der Waals surface area contributed by atoms with Crippen LogP contribution in [-0.2, 0) is 101 Å². The first-order valence-corrected chi connectivity index (χ1v) is 44.2. The Morgan fingerprint density at radius 3 is 1.05 bits per heavy atom. The van der Waals surface area contributed by atoms with Gasteiger partial charge in [-0.3, -0.25) is 36.5 Å². The molecule has 0 saturated carbocycles. The highest BCUT2D eigenvalue weighted by Crippen LogP contribution is 2.79. The molecule has 0 amide bonds. The Kier molecular flexibility index (Phi) is 35.0. The van der Waals surface area contributed by atoms with Crippen molar-refractivity contribution in [1.82, 2.24) is 38.2 Å². The Hall–Kier alpha value is -4.13. The van der Waals surface area contributed by atoms with Crippen LogP contribution in [0.2, 0.25) is 0 Å². The Morgan fingerprint density at radius 2 is 0.780 bits per heavy atom. The van der Waals surface area contributed by atoms with Crippen molar-refractivity contribution < 1.29 is 156 Å². The van der Waals surface area contributed by atoms with Gasteiger partial charge in [0.15, 0.2) is 30.8 Å². The molecule has 622 valence electrons. The largest absolute Gasteiger partial charge is 0.490 e. The Bertz CT molecular complexity index is 4260. The van der Waals surface area contributed by atoms with Crippen molar-refractivity contribution in [3.63, 3.8) is 0 Å². The van der Waals surface area contributed by atoms with Crippen LogP contribution in [0.15, 0.2) is 68.2 Å². The van der Waals surface area contributed by atoms with E-state index < -0.39 is 193 Å². The molecular weight excluding hydrogens is 1660 g/mol. The summed E-state index contributed by atoms with van der Waals surface area (Å²) in [4.78, 5) is 126. The SMILES string of the molecule is CC.CO[C@H]1C(O)[C@@H](CO)O[C@H]1n1ccc(N(C)C)nc1=O.CO[C@H]1C(O)[C@@H](COP(=O)(Cl)Cl)O[C@H]1n1ccc(N(C)C)nc1=O.CO[C@H]1C(O)[C@@H](COP(=O)(O)OP(=O)(O)OP(=O)(O)O)O[C@H]1n1ccc(N(C)C)nc1=O.CO[C@H]1C(O)[C@@H](COP2(=O)CP(=O)(O)OP(=O)(O)O2)O[C@H]1n1ccc(N(C)C)nc1=O. The molecule has 5 aliphatic rings. The molecule has 11 N–H and O–H groups in total. The van der Waals surface area contributed by atoms with E-state index in [-0.39, 0.29) is 13.2 Å². The molecule has 9 unspecified atom stereocenters. The number of anilines is 4. The van der Waals surface area contributed by atoms with E-state index in [0.717, 1.165) is 9.13 Å². The van der Waals surface area contributed by atoms with Gasteiger partial charge in [-0.25, -0.2) is 46.1 Å². The first-order valence-electron chi connectivity index (χ1n) is 31.3. The van der Waals surface area contributed by atoms with Crippen molar-refractivity contribution in [3.05, 3.63) is 91.0 Å². The first-order chi connectivity index (χ1) is 50.4. The summed E-state index contributed by atoms with van der Waals surface area (Å²) in [5, 5.41) is 50.2. The Morgan fingerprint density at radius 1 is 0.486 bits per heavy atom. The number of ether oxygens (including phenoxy) is 8. The highest BCUT2D eigenvalue weighted by atomic mass is 35.9. The second-order valence-corrected chi connectivity index (χ2v) is 38.4.